The summed E-state index contributed by atoms with van der Waals surface area (Å²) < 4.78 is 14.5. The highest BCUT2D eigenvalue weighted by Crippen LogP contribution is 2.23. The zero-order valence-corrected chi connectivity index (χ0v) is 16.4. The van der Waals surface area contributed by atoms with Gasteiger partial charge in [0.15, 0.2) is 0 Å². The molecule has 2 amide bonds. The van der Waals surface area contributed by atoms with E-state index in [0.29, 0.717) is 34.8 Å². The number of nitrogens with two attached hydrogens (primary N) is 1. The molecule has 3 heterocycles. The van der Waals surface area contributed by atoms with Crippen molar-refractivity contribution in [2.75, 3.05) is 6.54 Å². The topological polar surface area (TPSA) is 98.3 Å². The monoisotopic (exact) mass is 426 g/mol. The third-order valence-electron chi connectivity index (χ3n) is 4.98. The predicted molar refractivity (Wildman–Crippen MR) is 108 cm³/mol. The quantitative estimate of drug-likeness (QED) is 0.694. The maximum atomic E-state index is 13.3. The Balaban J connectivity index is 1.76. The van der Waals surface area contributed by atoms with E-state index in [0.717, 1.165) is 0 Å². The van der Waals surface area contributed by atoms with Crippen molar-refractivity contribution in [1.82, 2.24) is 14.5 Å². The first-order valence-electron chi connectivity index (χ1n) is 9.09. The van der Waals surface area contributed by atoms with Crippen LogP contribution >= 0.6 is 11.6 Å². The highest BCUT2D eigenvalue weighted by Gasteiger charge is 2.28. The minimum Gasteiger partial charge on any atom is -0.365 e. The Hall–Kier alpha value is -3.52. The van der Waals surface area contributed by atoms with E-state index >= 15 is 0 Å². The second kappa shape index (κ2) is 7.72. The molecule has 2 N–H and O–H groups in total. The van der Waals surface area contributed by atoms with Crippen LogP contribution in [0.25, 0.3) is 5.69 Å². The normalized spacial score (nSPS) is 13.1. The first-order chi connectivity index (χ1) is 14.3. The lowest BCUT2D eigenvalue weighted by atomic mass is 9.95. The van der Waals surface area contributed by atoms with E-state index in [-0.39, 0.29) is 23.7 Å². The third kappa shape index (κ3) is 3.57. The number of aromatic nitrogens is 2. The first-order valence-corrected chi connectivity index (χ1v) is 9.47. The van der Waals surface area contributed by atoms with Crippen molar-refractivity contribution in [2.45, 2.75) is 13.0 Å². The van der Waals surface area contributed by atoms with Crippen LogP contribution in [0.1, 0.15) is 32.0 Å². The first kappa shape index (κ1) is 19.8. The summed E-state index contributed by atoms with van der Waals surface area (Å²) in [5.74, 6) is -1.59. The van der Waals surface area contributed by atoms with Crippen LogP contribution in [-0.4, -0.2) is 32.8 Å². The molecule has 7 nitrogen and oxygen atoms in total. The largest absolute Gasteiger partial charge is 0.365 e. The molecule has 0 radical (unpaired) electrons. The third-order valence-corrected chi connectivity index (χ3v) is 5.21. The SMILES string of the molecule is NC(=O)c1c2c(cn(-c3ccc(F)cc3)c1=O)CN(C(=O)c1ccc(Cl)cn1)CC2. The Kier molecular flexibility index (Phi) is 5.09. The summed E-state index contributed by atoms with van der Waals surface area (Å²) in [6.45, 7) is 0.469. The van der Waals surface area contributed by atoms with Crippen molar-refractivity contribution in [3.63, 3.8) is 0 Å². The van der Waals surface area contributed by atoms with Gasteiger partial charge >= 0.3 is 0 Å². The van der Waals surface area contributed by atoms with Gasteiger partial charge in [0, 0.05) is 31.2 Å². The van der Waals surface area contributed by atoms with Crippen LogP contribution in [0.2, 0.25) is 5.02 Å². The molecule has 152 valence electrons. The Morgan fingerprint density at radius 1 is 1.13 bits per heavy atom. The lowest BCUT2D eigenvalue weighted by molar-refractivity contribution is 0.0728. The molecule has 0 saturated heterocycles. The molecule has 0 unspecified atom stereocenters. The van der Waals surface area contributed by atoms with Crippen molar-refractivity contribution < 1.29 is 14.0 Å². The molecule has 0 fully saturated rings. The van der Waals surface area contributed by atoms with E-state index in [2.05, 4.69) is 4.98 Å². The molecule has 3 aromatic rings. The van der Waals surface area contributed by atoms with Gasteiger partial charge in [0.1, 0.15) is 17.1 Å². The van der Waals surface area contributed by atoms with Crippen LogP contribution in [0.4, 0.5) is 4.39 Å². The van der Waals surface area contributed by atoms with E-state index in [1.807, 2.05) is 0 Å². The molecule has 1 aromatic carbocycles. The fraction of sp³-hybridized carbons (Fsp3) is 0.143. The average Bonchev–Trinajstić information content (AvgIpc) is 2.73. The Morgan fingerprint density at radius 3 is 2.50 bits per heavy atom. The van der Waals surface area contributed by atoms with Gasteiger partial charge in [-0.05, 0) is 53.9 Å². The van der Waals surface area contributed by atoms with Crippen LogP contribution in [0, 0.1) is 5.82 Å². The molecular formula is C21H16ClFN4O3. The van der Waals surface area contributed by atoms with Crippen LogP contribution in [0.3, 0.4) is 0 Å². The molecule has 0 aliphatic carbocycles. The number of fused-ring (bicyclic) bond motifs is 1. The van der Waals surface area contributed by atoms with Crippen LogP contribution in [0.5, 0.6) is 0 Å². The summed E-state index contributed by atoms with van der Waals surface area (Å²) in [6.07, 6.45) is 3.25. The van der Waals surface area contributed by atoms with E-state index in [1.54, 1.807) is 17.2 Å². The molecule has 30 heavy (non-hydrogen) atoms. The van der Waals surface area contributed by atoms with Crippen LogP contribution < -0.4 is 11.3 Å². The summed E-state index contributed by atoms with van der Waals surface area (Å²) in [7, 11) is 0. The molecule has 0 saturated carbocycles. The van der Waals surface area contributed by atoms with Crippen molar-refractivity contribution in [1.29, 1.82) is 0 Å². The number of rotatable bonds is 3. The Morgan fingerprint density at radius 2 is 1.87 bits per heavy atom. The number of primary amides is 1. The lowest BCUT2D eigenvalue weighted by Gasteiger charge is -2.30. The van der Waals surface area contributed by atoms with Gasteiger partial charge in [0.25, 0.3) is 17.4 Å². The molecule has 0 spiro atoms. The minimum absolute atomic E-state index is 0.117. The maximum Gasteiger partial charge on any atom is 0.272 e. The minimum atomic E-state index is -0.841. The van der Waals surface area contributed by atoms with Gasteiger partial charge in [-0.2, -0.15) is 0 Å². The van der Waals surface area contributed by atoms with E-state index in [1.165, 1.54) is 41.1 Å². The Labute approximate surface area is 175 Å². The zero-order valence-electron chi connectivity index (χ0n) is 15.6. The van der Waals surface area contributed by atoms with Gasteiger partial charge in [-0.3, -0.25) is 19.0 Å². The van der Waals surface area contributed by atoms with Crippen molar-refractivity contribution in [3.8, 4) is 5.69 Å². The standard InChI is InChI=1S/C21H16ClFN4O3/c22-13-1-6-17(25-9-13)20(29)26-8-7-16-12(10-26)11-27(21(30)18(16)19(24)28)15-4-2-14(23)3-5-15/h1-6,9,11H,7-8,10H2,(H2,24,28). The highest BCUT2D eigenvalue weighted by atomic mass is 35.5. The molecule has 4 rings (SSSR count). The fourth-order valence-corrected chi connectivity index (χ4v) is 3.65. The lowest BCUT2D eigenvalue weighted by Crippen LogP contribution is -2.40. The summed E-state index contributed by atoms with van der Waals surface area (Å²) in [6, 6.07) is 8.40. The summed E-state index contributed by atoms with van der Waals surface area (Å²) in [5.41, 5.74) is 6.56. The van der Waals surface area contributed by atoms with E-state index in [9.17, 15) is 18.8 Å². The van der Waals surface area contributed by atoms with Gasteiger partial charge in [0.2, 0.25) is 0 Å². The molecular weight excluding hydrogens is 411 g/mol. The van der Waals surface area contributed by atoms with Gasteiger partial charge in [-0.15, -0.1) is 0 Å². The van der Waals surface area contributed by atoms with Gasteiger partial charge < -0.3 is 10.6 Å². The second-order valence-electron chi connectivity index (χ2n) is 6.86. The highest BCUT2D eigenvalue weighted by molar-refractivity contribution is 6.30. The molecule has 1 aliphatic heterocycles. The van der Waals surface area contributed by atoms with Gasteiger partial charge in [0.05, 0.1) is 5.02 Å². The molecule has 0 bridgehead atoms. The average molecular weight is 427 g/mol. The fourth-order valence-electron chi connectivity index (χ4n) is 3.54. The van der Waals surface area contributed by atoms with E-state index in [4.69, 9.17) is 17.3 Å². The molecule has 2 aromatic heterocycles. The Bertz CT molecular complexity index is 1210. The van der Waals surface area contributed by atoms with Crippen molar-refractivity contribution >= 4 is 23.4 Å². The second-order valence-corrected chi connectivity index (χ2v) is 7.30. The van der Waals surface area contributed by atoms with Crippen molar-refractivity contribution in [2.24, 2.45) is 5.73 Å². The van der Waals surface area contributed by atoms with Crippen molar-refractivity contribution in [3.05, 3.63) is 92.4 Å². The number of carbonyl (C=O) groups excluding carboxylic acids is 2. The number of hydrogen-bond donors (Lipinski definition) is 1. The van der Waals surface area contributed by atoms with Crippen LogP contribution in [0.15, 0.2) is 53.6 Å². The smallest absolute Gasteiger partial charge is 0.272 e. The number of benzene rings is 1. The summed E-state index contributed by atoms with van der Waals surface area (Å²) in [4.78, 5) is 43.4. The number of nitrogens with zero attached hydrogens (tertiary/aromatic N) is 3. The molecule has 0 atom stereocenters. The van der Waals surface area contributed by atoms with Gasteiger partial charge in [-0.1, -0.05) is 11.6 Å². The number of carbonyl (C=O) groups is 2. The van der Waals surface area contributed by atoms with E-state index < -0.39 is 17.3 Å². The summed E-state index contributed by atoms with van der Waals surface area (Å²) in [5, 5.41) is 0.421. The number of halogens is 2. The molecule has 1 aliphatic rings. The van der Waals surface area contributed by atoms with Crippen LogP contribution in [-0.2, 0) is 13.0 Å². The van der Waals surface area contributed by atoms with Gasteiger partial charge in [-0.25, -0.2) is 9.37 Å². The maximum absolute atomic E-state index is 13.3. The number of amides is 2. The predicted octanol–water partition coefficient (Wildman–Crippen LogP) is 2.32. The zero-order chi connectivity index (χ0) is 21.4. The molecule has 9 heteroatoms. The summed E-state index contributed by atoms with van der Waals surface area (Å²) >= 11 is 5.83. The number of pyridine rings is 2. The number of hydrogen-bond acceptors (Lipinski definition) is 4.